The first-order chi connectivity index (χ1) is 11.2. The summed E-state index contributed by atoms with van der Waals surface area (Å²) >= 11 is 1.36. The number of halogens is 3. The van der Waals surface area contributed by atoms with Crippen LogP contribution in [0.1, 0.15) is 22.5 Å². The largest absolute Gasteiger partial charge is 0.480 e. The standard InChI is InChI=1S/C15H13F3N2O3S/c1-8-7-24-13(19-8)10-4-2-3-9(5-10)12(21)20-11(14(22)23)6-15(16,17)18/h2-5,7,11H,6H2,1H3,(H,20,21)(H,22,23). The number of alkyl halides is 3. The highest BCUT2D eigenvalue weighted by molar-refractivity contribution is 7.13. The Morgan fingerprint density at radius 3 is 2.62 bits per heavy atom. The molecule has 0 saturated carbocycles. The van der Waals surface area contributed by atoms with E-state index in [0.717, 1.165) is 5.69 Å². The van der Waals surface area contributed by atoms with Gasteiger partial charge in [-0.25, -0.2) is 9.78 Å². The summed E-state index contributed by atoms with van der Waals surface area (Å²) in [6, 6.07) is 4.08. The number of carboxylic acids is 1. The van der Waals surface area contributed by atoms with Crippen LogP contribution >= 0.6 is 11.3 Å². The van der Waals surface area contributed by atoms with E-state index in [-0.39, 0.29) is 5.56 Å². The van der Waals surface area contributed by atoms with Crippen LogP contribution in [0.5, 0.6) is 0 Å². The average Bonchev–Trinajstić information content (AvgIpc) is 2.92. The number of carbonyl (C=O) groups excluding carboxylic acids is 1. The minimum atomic E-state index is -4.70. The molecule has 0 radical (unpaired) electrons. The van der Waals surface area contributed by atoms with Gasteiger partial charge in [-0.1, -0.05) is 12.1 Å². The summed E-state index contributed by atoms with van der Waals surface area (Å²) in [7, 11) is 0. The molecule has 1 atom stereocenters. The summed E-state index contributed by atoms with van der Waals surface area (Å²) in [4.78, 5) is 27.3. The second-order valence-electron chi connectivity index (χ2n) is 5.06. The lowest BCUT2D eigenvalue weighted by Gasteiger charge is -2.16. The maximum absolute atomic E-state index is 12.4. The lowest BCUT2D eigenvalue weighted by atomic mass is 10.1. The zero-order valence-electron chi connectivity index (χ0n) is 12.4. The first-order valence-electron chi connectivity index (χ1n) is 6.79. The summed E-state index contributed by atoms with van der Waals surface area (Å²) in [6.07, 6.45) is -6.34. The normalized spacial score (nSPS) is 12.7. The van der Waals surface area contributed by atoms with E-state index in [2.05, 4.69) is 4.98 Å². The second kappa shape index (κ2) is 7.00. The number of aryl methyl sites for hydroxylation is 1. The molecule has 0 spiro atoms. The number of rotatable bonds is 5. The number of hydrogen-bond acceptors (Lipinski definition) is 4. The summed E-state index contributed by atoms with van der Waals surface area (Å²) in [5.74, 6) is -2.63. The number of carboxylic acid groups (broad SMARTS) is 1. The van der Waals surface area contributed by atoms with Crippen molar-refractivity contribution in [2.75, 3.05) is 0 Å². The van der Waals surface area contributed by atoms with Gasteiger partial charge >= 0.3 is 12.1 Å². The third kappa shape index (κ3) is 4.79. The fourth-order valence-electron chi connectivity index (χ4n) is 1.95. The maximum atomic E-state index is 12.4. The van der Waals surface area contributed by atoms with Crippen LogP contribution in [-0.4, -0.2) is 34.2 Å². The third-order valence-electron chi connectivity index (χ3n) is 3.03. The topological polar surface area (TPSA) is 79.3 Å². The smallest absolute Gasteiger partial charge is 0.391 e. The third-order valence-corrected chi connectivity index (χ3v) is 4.04. The summed E-state index contributed by atoms with van der Waals surface area (Å²) in [6.45, 7) is 1.81. The second-order valence-corrected chi connectivity index (χ2v) is 5.92. The van der Waals surface area contributed by atoms with E-state index in [1.807, 2.05) is 17.6 Å². The highest BCUT2D eigenvalue weighted by atomic mass is 32.1. The first-order valence-corrected chi connectivity index (χ1v) is 7.66. The maximum Gasteiger partial charge on any atom is 0.391 e. The van der Waals surface area contributed by atoms with Crippen molar-refractivity contribution in [1.29, 1.82) is 0 Å². The zero-order valence-corrected chi connectivity index (χ0v) is 13.2. The van der Waals surface area contributed by atoms with Crippen LogP contribution in [0.25, 0.3) is 10.6 Å². The molecule has 0 bridgehead atoms. The van der Waals surface area contributed by atoms with E-state index in [9.17, 15) is 22.8 Å². The molecule has 1 aromatic heterocycles. The van der Waals surface area contributed by atoms with E-state index in [1.54, 1.807) is 12.1 Å². The highest BCUT2D eigenvalue weighted by Crippen LogP contribution is 2.25. The van der Waals surface area contributed by atoms with Crippen LogP contribution in [0.15, 0.2) is 29.6 Å². The Bertz CT molecular complexity index is 758. The SMILES string of the molecule is Cc1csc(-c2cccc(C(=O)NC(CC(F)(F)F)C(=O)O)c2)n1. The number of thiazole rings is 1. The molecular weight excluding hydrogens is 345 g/mol. The van der Waals surface area contributed by atoms with E-state index in [0.29, 0.717) is 10.6 Å². The molecule has 0 aliphatic rings. The molecule has 128 valence electrons. The Morgan fingerprint density at radius 1 is 1.38 bits per heavy atom. The molecule has 2 N–H and O–H groups in total. The molecule has 1 unspecified atom stereocenters. The van der Waals surface area contributed by atoms with Crippen LogP contribution in [0, 0.1) is 6.92 Å². The fraction of sp³-hybridized carbons (Fsp3) is 0.267. The lowest BCUT2D eigenvalue weighted by molar-refractivity contribution is -0.157. The summed E-state index contributed by atoms with van der Waals surface area (Å²) < 4.78 is 37.2. The average molecular weight is 358 g/mol. The monoisotopic (exact) mass is 358 g/mol. The Morgan fingerprint density at radius 2 is 2.08 bits per heavy atom. The van der Waals surface area contributed by atoms with Gasteiger partial charge in [-0.2, -0.15) is 13.2 Å². The van der Waals surface area contributed by atoms with E-state index >= 15 is 0 Å². The van der Waals surface area contributed by atoms with Gasteiger partial charge in [0.1, 0.15) is 11.0 Å². The van der Waals surface area contributed by atoms with Crippen molar-refractivity contribution in [2.45, 2.75) is 25.6 Å². The van der Waals surface area contributed by atoms with Crippen molar-refractivity contribution in [2.24, 2.45) is 0 Å². The van der Waals surface area contributed by atoms with Gasteiger partial charge in [0, 0.05) is 22.2 Å². The molecule has 1 aromatic carbocycles. The number of nitrogens with zero attached hydrogens (tertiary/aromatic N) is 1. The van der Waals surface area contributed by atoms with E-state index in [1.165, 1.54) is 23.5 Å². The molecular formula is C15H13F3N2O3S. The van der Waals surface area contributed by atoms with Gasteiger partial charge in [-0.05, 0) is 19.1 Å². The van der Waals surface area contributed by atoms with Gasteiger partial charge in [0.25, 0.3) is 5.91 Å². The van der Waals surface area contributed by atoms with Crippen LogP contribution in [0.4, 0.5) is 13.2 Å². The number of benzene rings is 1. The van der Waals surface area contributed by atoms with Crippen LogP contribution in [-0.2, 0) is 4.79 Å². The van der Waals surface area contributed by atoms with Gasteiger partial charge in [0.05, 0.1) is 6.42 Å². The van der Waals surface area contributed by atoms with E-state index < -0.39 is 30.5 Å². The molecule has 9 heteroatoms. The molecule has 24 heavy (non-hydrogen) atoms. The quantitative estimate of drug-likeness (QED) is 0.860. The molecule has 0 aliphatic heterocycles. The van der Waals surface area contributed by atoms with Gasteiger partial charge < -0.3 is 10.4 Å². The van der Waals surface area contributed by atoms with Crippen LogP contribution in [0.2, 0.25) is 0 Å². The van der Waals surface area contributed by atoms with Gasteiger partial charge in [-0.15, -0.1) is 11.3 Å². The molecule has 0 aliphatic carbocycles. The van der Waals surface area contributed by atoms with Crippen molar-refractivity contribution in [3.8, 4) is 10.6 Å². The molecule has 0 saturated heterocycles. The molecule has 0 fully saturated rings. The lowest BCUT2D eigenvalue weighted by Crippen LogP contribution is -2.43. The van der Waals surface area contributed by atoms with Crippen LogP contribution in [0.3, 0.4) is 0 Å². The van der Waals surface area contributed by atoms with Crippen molar-refractivity contribution in [3.63, 3.8) is 0 Å². The molecule has 2 rings (SSSR count). The van der Waals surface area contributed by atoms with Crippen molar-refractivity contribution < 1.29 is 27.9 Å². The highest BCUT2D eigenvalue weighted by Gasteiger charge is 2.36. The zero-order chi connectivity index (χ0) is 17.9. The Labute approximate surface area is 139 Å². The number of carbonyl (C=O) groups is 2. The summed E-state index contributed by atoms with van der Waals surface area (Å²) in [5, 5.41) is 13.2. The Kier molecular flexibility index (Phi) is 5.23. The van der Waals surface area contributed by atoms with Gasteiger partial charge in [0.2, 0.25) is 0 Å². The minimum absolute atomic E-state index is 0.0637. The van der Waals surface area contributed by atoms with Crippen molar-refractivity contribution >= 4 is 23.2 Å². The molecule has 1 heterocycles. The number of nitrogens with one attached hydrogen (secondary N) is 1. The minimum Gasteiger partial charge on any atom is -0.480 e. The number of amides is 1. The predicted molar refractivity (Wildman–Crippen MR) is 81.8 cm³/mol. The Hall–Kier alpha value is -2.42. The molecule has 2 aromatic rings. The Balaban J connectivity index is 2.18. The molecule has 1 amide bonds. The fourth-order valence-corrected chi connectivity index (χ4v) is 2.75. The molecule has 5 nitrogen and oxygen atoms in total. The van der Waals surface area contributed by atoms with Gasteiger partial charge in [-0.3, -0.25) is 4.79 Å². The number of hydrogen-bond donors (Lipinski definition) is 2. The number of aromatic nitrogens is 1. The van der Waals surface area contributed by atoms with Crippen molar-refractivity contribution in [1.82, 2.24) is 10.3 Å². The van der Waals surface area contributed by atoms with Crippen molar-refractivity contribution in [3.05, 3.63) is 40.9 Å². The predicted octanol–water partition coefficient (Wildman–Crippen LogP) is 3.25. The van der Waals surface area contributed by atoms with E-state index in [4.69, 9.17) is 5.11 Å². The van der Waals surface area contributed by atoms with Gasteiger partial charge in [0.15, 0.2) is 0 Å². The first kappa shape index (κ1) is 17.9. The van der Waals surface area contributed by atoms with Crippen LogP contribution < -0.4 is 5.32 Å². The number of aliphatic carboxylic acids is 1. The summed E-state index contributed by atoms with van der Waals surface area (Å²) in [5.41, 5.74) is 1.50.